The molecule has 3 nitrogen and oxygen atoms in total. The van der Waals surface area contributed by atoms with Crippen LogP contribution in [0, 0.1) is 4.78 Å². The average Bonchev–Trinajstić information content (AvgIpc) is 1.86. The van der Waals surface area contributed by atoms with Gasteiger partial charge in [-0.05, 0) is 12.1 Å². The number of rotatable bonds is 1. The maximum atomic E-state index is 11.1. The first-order valence-corrected chi connectivity index (χ1v) is 5.21. The molecule has 5 heteroatoms. The van der Waals surface area contributed by atoms with Crippen molar-refractivity contribution in [3.63, 3.8) is 0 Å². The van der Waals surface area contributed by atoms with Crippen molar-refractivity contribution in [1.29, 1.82) is 4.78 Å². The van der Waals surface area contributed by atoms with Gasteiger partial charge in [0.15, 0.2) is 0 Å². The third-order valence-corrected chi connectivity index (χ3v) is 2.32. The van der Waals surface area contributed by atoms with Gasteiger partial charge in [-0.15, -0.1) is 0 Å². The number of halogens is 1. The average molecular weight is 191 g/mol. The van der Waals surface area contributed by atoms with E-state index in [2.05, 4.69) is 4.98 Å². The third-order valence-electron chi connectivity index (χ3n) is 1.09. The molecule has 0 aliphatic heterocycles. The summed E-state index contributed by atoms with van der Waals surface area (Å²) in [6.45, 7) is 0. The van der Waals surface area contributed by atoms with Gasteiger partial charge in [0.05, 0.1) is 9.73 Å². The molecule has 1 atom stereocenters. The Balaban J connectivity index is 3.28. The summed E-state index contributed by atoms with van der Waals surface area (Å²) in [5.74, 6) is 0. The fourth-order valence-electron chi connectivity index (χ4n) is 0.607. The summed E-state index contributed by atoms with van der Waals surface area (Å²) in [7, 11) is -2.72. The molecular weight excluding hydrogens is 184 g/mol. The van der Waals surface area contributed by atoms with E-state index in [9.17, 15) is 4.21 Å². The number of nitrogens with one attached hydrogen (secondary N) is 1. The monoisotopic (exact) mass is 190 g/mol. The molecule has 1 N–H and O–H groups in total. The van der Waals surface area contributed by atoms with Crippen molar-refractivity contribution in [2.45, 2.75) is 5.03 Å². The van der Waals surface area contributed by atoms with Gasteiger partial charge in [0, 0.05) is 6.26 Å². The van der Waals surface area contributed by atoms with Crippen LogP contribution in [-0.4, -0.2) is 15.4 Å². The van der Waals surface area contributed by atoms with E-state index < -0.39 is 9.73 Å². The lowest BCUT2D eigenvalue weighted by molar-refractivity contribution is 0.676. The maximum absolute atomic E-state index is 11.1. The minimum Gasteiger partial charge on any atom is -0.248 e. The Morgan fingerprint density at radius 1 is 1.64 bits per heavy atom. The van der Waals surface area contributed by atoms with Crippen molar-refractivity contribution in [1.82, 2.24) is 4.98 Å². The van der Waals surface area contributed by atoms with Crippen LogP contribution < -0.4 is 0 Å². The molecule has 0 spiro atoms. The Kier molecular flexibility index (Phi) is 2.15. The van der Waals surface area contributed by atoms with Crippen LogP contribution in [0.3, 0.4) is 0 Å². The maximum Gasteiger partial charge on any atom is 0.137 e. The van der Waals surface area contributed by atoms with Gasteiger partial charge in [0.1, 0.15) is 10.2 Å². The minimum absolute atomic E-state index is 0.227. The fraction of sp³-hybridized carbons (Fsp3) is 0.167. The number of hydrogen-bond donors (Lipinski definition) is 1. The molecule has 0 fully saturated rings. The van der Waals surface area contributed by atoms with E-state index in [1.54, 1.807) is 12.1 Å². The molecular formula is C6H7ClN2OS. The predicted molar refractivity (Wildman–Crippen MR) is 44.3 cm³/mol. The highest BCUT2D eigenvalue weighted by atomic mass is 35.5. The summed E-state index contributed by atoms with van der Waals surface area (Å²) >= 11 is 5.53. The highest BCUT2D eigenvalue weighted by Gasteiger charge is 2.03. The molecule has 0 radical (unpaired) electrons. The van der Waals surface area contributed by atoms with E-state index in [1.807, 2.05) is 0 Å². The molecule has 0 aromatic carbocycles. The van der Waals surface area contributed by atoms with Gasteiger partial charge in [-0.3, -0.25) is 0 Å². The number of aromatic nitrogens is 1. The van der Waals surface area contributed by atoms with Crippen molar-refractivity contribution < 1.29 is 4.21 Å². The van der Waals surface area contributed by atoms with E-state index in [4.69, 9.17) is 16.4 Å². The van der Waals surface area contributed by atoms with Gasteiger partial charge < -0.3 is 0 Å². The molecule has 0 amide bonds. The van der Waals surface area contributed by atoms with Gasteiger partial charge >= 0.3 is 0 Å². The SMILES string of the molecule is CS(=N)(=O)c1cccc(Cl)n1. The predicted octanol–water partition coefficient (Wildman–Crippen LogP) is 1.77. The van der Waals surface area contributed by atoms with Gasteiger partial charge in [-0.25, -0.2) is 14.0 Å². The summed E-state index contributed by atoms with van der Waals surface area (Å²) in [4.78, 5) is 3.75. The molecule has 1 aromatic rings. The highest BCUT2D eigenvalue weighted by molar-refractivity contribution is 7.91. The first kappa shape index (κ1) is 8.49. The molecule has 11 heavy (non-hydrogen) atoms. The second kappa shape index (κ2) is 2.79. The smallest absolute Gasteiger partial charge is 0.137 e. The molecule has 1 unspecified atom stereocenters. The second-order valence-corrected chi connectivity index (χ2v) is 4.64. The molecule has 0 aliphatic rings. The highest BCUT2D eigenvalue weighted by Crippen LogP contribution is 2.09. The number of nitrogens with zero attached hydrogens (tertiary/aromatic N) is 1. The molecule has 0 saturated carbocycles. The van der Waals surface area contributed by atoms with E-state index in [1.165, 1.54) is 12.3 Å². The number of hydrogen-bond acceptors (Lipinski definition) is 3. The largest absolute Gasteiger partial charge is 0.248 e. The van der Waals surface area contributed by atoms with Gasteiger partial charge in [0.25, 0.3) is 0 Å². The van der Waals surface area contributed by atoms with Crippen LogP contribution in [0.2, 0.25) is 5.15 Å². The van der Waals surface area contributed by atoms with Crippen LogP contribution in [0.25, 0.3) is 0 Å². The Labute approximate surface area is 70.4 Å². The molecule has 0 bridgehead atoms. The first-order chi connectivity index (χ1) is 5.00. The zero-order valence-corrected chi connectivity index (χ0v) is 7.45. The molecule has 1 aromatic heterocycles. The topological polar surface area (TPSA) is 53.8 Å². The van der Waals surface area contributed by atoms with Crippen LogP contribution in [0.5, 0.6) is 0 Å². The lowest BCUT2D eigenvalue weighted by Gasteiger charge is -1.98. The Hall–Kier alpha value is -0.610. The zero-order valence-electron chi connectivity index (χ0n) is 5.87. The van der Waals surface area contributed by atoms with Crippen LogP contribution in [0.1, 0.15) is 0 Å². The molecule has 0 saturated heterocycles. The Bertz CT molecular complexity index is 361. The van der Waals surface area contributed by atoms with Gasteiger partial charge in [-0.2, -0.15) is 0 Å². The minimum atomic E-state index is -2.72. The van der Waals surface area contributed by atoms with Crippen molar-refractivity contribution in [3.8, 4) is 0 Å². The first-order valence-electron chi connectivity index (χ1n) is 2.86. The standard InChI is InChI=1S/C6H7ClN2OS/c1-11(8,10)6-4-2-3-5(7)9-6/h2-4,8H,1H3. The van der Waals surface area contributed by atoms with Crippen molar-refractivity contribution in [3.05, 3.63) is 23.4 Å². The summed E-state index contributed by atoms with van der Waals surface area (Å²) in [5, 5.41) is 0.495. The van der Waals surface area contributed by atoms with E-state index in [0.29, 0.717) is 0 Å². The normalized spacial score (nSPS) is 15.8. The van der Waals surface area contributed by atoms with Crippen LogP contribution in [0.15, 0.2) is 23.2 Å². The van der Waals surface area contributed by atoms with Crippen LogP contribution in [-0.2, 0) is 9.73 Å². The zero-order chi connectivity index (χ0) is 8.48. The van der Waals surface area contributed by atoms with Crippen LogP contribution in [0.4, 0.5) is 0 Å². The molecule has 1 rings (SSSR count). The lowest BCUT2D eigenvalue weighted by Crippen LogP contribution is -1.97. The van der Waals surface area contributed by atoms with Gasteiger partial charge in [0.2, 0.25) is 0 Å². The lowest BCUT2D eigenvalue weighted by atomic mass is 10.5. The summed E-state index contributed by atoms with van der Waals surface area (Å²) in [6.07, 6.45) is 1.31. The fourth-order valence-corrected chi connectivity index (χ4v) is 1.43. The summed E-state index contributed by atoms with van der Waals surface area (Å²) in [5.41, 5.74) is 0. The third kappa shape index (κ3) is 2.17. The number of pyridine rings is 1. The quantitative estimate of drug-likeness (QED) is 0.687. The van der Waals surface area contributed by atoms with E-state index in [0.717, 1.165) is 0 Å². The Morgan fingerprint density at radius 3 is 2.64 bits per heavy atom. The molecule has 0 aliphatic carbocycles. The molecule has 60 valence electrons. The van der Waals surface area contributed by atoms with E-state index in [-0.39, 0.29) is 10.2 Å². The molecule has 1 heterocycles. The van der Waals surface area contributed by atoms with Crippen molar-refractivity contribution in [2.75, 3.05) is 6.26 Å². The van der Waals surface area contributed by atoms with Crippen LogP contribution >= 0.6 is 11.6 Å². The summed E-state index contributed by atoms with van der Waals surface area (Å²) < 4.78 is 18.3. The Morgan fingerprint density at radius 2 is 2.27 bits per heavy atom. The van der Waals surface area contributed by atoms with Gasteiger partial charge in [-0.1, -0.05) is 17.7 Å². The van der Waals surface area contributed by atoms with Crippen molar-refractivity contribution in [2.24, 2.45) is 0 Å². The van der Waals surface area contributed by atoms with E-state index >= 15 is 0 Å². The second-order valence-electron chi connectivity index (χ2n) is 2.14. The van der Waals surface area contributed by atoms with Crippen molar-refractivity contribution >= 4 is 21.3 Å². The summed E-state index contributed by atoms with van der Waals surface area (Å²) in [6, 6.07) is 4.74.